The molecule has 109 valence electrons. The molecule has 3 heterocycles. The van der Waals surface area contributed by atoms with Crippen molar-refractivity contribution in [3.63, 3.8) is 0 Å². The van der Waals surface area contributed by atoms with Gasteiger partial charge in [0, 0.05) is 0 Å². The number of ether oxygens (including phenoxy) is 1. The number of aromatic amines is 1. The van der Waals surface area contributed by atoms with Gasteiger partial charge < -0.3 is 0 Å². The summed E-state index contributed by atoms with van der Waals surface area (Å²) >= 11 is 2.29. The molecule has 4 atom stereocenters. The summed E-state index contributed by atoms with van der Waals surface area (Å²) in [5, 5.41) is 28.9. The van der Waals surface area contributed by atoms with Gasteiger partial charge in [-0.3, -0.25) is 0 Å². The summed E-state index contributed by atoms with van der Waals surface area (Å²) in [6.45, 7) is -0.388. The molecule has 4 unspecified atom stereocenters. The molecule has 2 aromatic rings. The number of hydrogen-bond donors (Lipinski definition) is 5. The molecule has 1 fully saturated rings. The van der Waals surface area contributed by atoms with E-state index in [9.17, 15) is 10.2 Å². The van der Waals surface area contributed by atoms with Crippen LogP contribution in [0.15, 0.2) is 6.33 Å². The summed E-state index contributed by atoms with van der Waals surface area (Å²) in [5.74, 6) is 0.196. The van der Waals surface area contributed by atoms with Crippen molar-refractivity contribution < 1.29 is 20.1 Å². The number of rotatable bonds is 2. The van der Waals surface area contributed by atoms with Crippen molar-refractivity contribution in [2.24, 2.45) is 0 Å². The van der Waals surface area contributed by atoms with Crippen LogP contribution in [0.25, 0.3) is 11.2 Å². The fraction of sp³-hybridized carbons (Fsp3) is 0.500. The van der Waals surface area contributed by atoms with Crippen molar-refractivity contribution in [1.82, 2.24) is 19.5 Å². The summed E-state index contributed by atoms with van der Waals surface area (Å²) in [7, 11) is 0. The van der Waals surface area contributed by atoms with Crippen molar-refractivity contribution >= 4 is 32.7 Å². The molecule has 1 saturated heterocycles. The van der Waals surface area contributed by atoms with Gasteiger partial charge >= 0.3 is 120 Å². The van der Waals surface area contributed by atoms with Crippen LogP contribution < -0.4 is 5.73 Å². The van der Waals surface area contributed by atoms with E-state index in [-0.39, 0.29) is 12.6 Å². The molecular weight excluding hydrogens is 333 g/mol. The van der Waals surface area contributed by atoms with Gasteiger partial charge in [0.2, 0.25) is 0 Å². The SMILES string of the molecule is Nc1nc2c(ncn2C2OC(CO)C(O)C2O)c(=[SeH])[nH]1. The quantitative estimate of drug-likeness (QED) is 0.375. The number of nitrogens with zero attached hydrogens (tertiary/aromatic N) is 3. The predicted molar refractivity (Wildman–Crippen MR) is 69.7 cm³/mol. The number of aromatic nitrogens is 4. The molecule has 2 aromatic heterocycles. The Hall–Kier alpha value is -1.29. The van der Waals surface area contributed by atoms with Crippen molar-refractivity contribution in [3.8, 4) is 0 Å². The van der Waals surface area contributed by atoms with Crippen LogP contribution in [0.5, 0.6) is 0 Å². The Balaban J connectivity index is 2.09. The molecule has 0 amide bonds. The van der Waals surface area contributed by atoms with E-state index in [2.05, 4.69) is 30.5 Å². The molecule has 1 aliphatic rings. The molecule has 0 saturated carbocycles. The summed E-state index contributed by atoms with van der Waals surface area (Å²) in [6, 6.07) is 0. The minimum absolute atomic E-state index is 0.196. The second-order valence-electron chi connectivity index (χ2n) is 4.52. The molecule has 1 radical (unpaired) electrons. The van der Waals surface area contributed by atoms with Crippen LogP contribution in [0.2, 0.25) is 0 Å². The third-order valence-corrected chi connectivity index (χ3v) is 3.94. The molecule has 10 heteroatoms. The monoisotopic (exact) mass is 348 g/mol. The molecule has 0 bridgehead atoms. The van der Waals surface area contributed by atoms with Gasteiger partial charge in [0.05, 0.1) is 0 Å². The van der Waals surface area contributed by atoms with Crippen molar-refractivity contribution in [2.45, 2.75) is 24.5 Å². The van der Waals surface area contributed by atoms with Gasteiger partial charge in [-0.05, 0) is 0 Å². The first-order chi connectivity index (χ1) is 9.52. The summed E-state index contributed by atoms with van der Waals surface area (Å²) in [6.07, 6.45) is -2.65. The van der Waals surface area contributed by atoms with Crippen LogP contribution in [-0.4, -0.2) is 75.3 Å². The molecule has 1 aliphatic heterocycles. The fourth-order valence-corrected chi connectivity index (χ4v) is 2.82. The van der Waals surface area contributed by atoms with Crippen molar-refractivity contribution in [2.75, 3.05) is 12.3 Å². The van der Waals surface area contributed by atoms with Crippen molar-refractivity contribution in [3.05, 3.63) is 10.5 Å². The number of aliphatic hydroxyl groups is 3. The van der Waals surface area contributed by atoms with E-state index in [1.807, 2.05) is 0 Å². The third-order valence-electron chi connectivity index (χ3n) is 3.26. The molecule has 0 aromatic carbocycles. The third kappa shape index (κ3) is 1.97. The van der Waals surface area contributed by atoms with Crippen LogP contribution in [0, 0.1) is 4.19 Å². The van der Waals surface area contributed by atoms with Gasteiger partial charge in [-0.15, -0.1) is 0 Å². The number of fused-ring (bicyclic) bond motifs is 1. The van der Waals surface area contributed by atoms with Crippen LogP contribution in [0.3, 0.4) is 0 Å². The van der Waals surface area contributed by atoms with E-state index < -0.39 is 24.5 Å². The van der Waals surface area contributed by atoms with Gasteiger partial charge in [0.15, 0.2) is 0 Å². The normalized spacial score (nSPS) is 30.1. The van der Waals surface area contributed by atoms with E-state index >= 15 is 0 Å². The maximum atomic E-state index is 10.0. The van der Waals surface area contributed by atoms with Crippen LogP contribution in [0.1, 0.15) is 6.23 Å². The first-order valence-corrected chi connectivity index (χ1v) is 6.83. The zero-order valence-electron chi connectivity index (χ0n) is 10.2. The number of hydrogen-bond acceptors (Lipinski definition) is 7. The number of imidazole rings is 1. The van der Waals surface area contributed by atoms with Crippen LogP contribution in [-0.2, 0) is 4.74 Å². The number of aliphatic hydroxyl groups excluding tert-OH is 3. The Bertz CT molecular complexity index is 701. The Labute approximate surface area is 120 Å². The van der Waals surface area contributed by atoms with Crippen LogP contribution >= 0.6 is 0 Å². The summed E-state index contributed by atoms with van der Waals surface area (Å²) in [4.78, 5) is 11.1. The molecule has 3 rings (SSSR count). The zero-order valence-corrected chi connectivity index (χ0v) is 12.1. The molecule has 0 spiro atoms. The van der Waals surface area contributed by atoms with Gasteiger partial charge in [-0.1, -0.05) is 0 Å². The molecule has 0 aliphatic carbocycles. The topological polar surface area (TPSA) is 142 Å². The standard InChI is InChI=1S/C10H14N5O4Se/c11-10-13-7-4(8(20)14-10)12-2-15(7)9-6(18)5(17)3(1-16)19-9/h2-3,5-6,9,16-18,20H,1H2,(H3,11,13,14). The first-order valence-electron chi connectivity index (χ1n) is 5.89. The number of nitrogens with two attached hydrogens (primary N) is 1. The number of nitrogens with one attached hydrogen (secondary N) is 1. The van der Waals surface area contributed by atoms with E-state index in [0.29, 0.717) is 15.4 Å². The molecule has 6 N–H and O–H groups in total. The average molecular weight is 347 g/mol. The Kier molecular flexibility index (Phi) is 3.36. The van der Waals surface area contributed by atoms with Gasteiger partial charge in [-0.2, -0.15) is 0 Å². The van der Waals surface area contributed by atoms with E-state index in [4.69, 9.17) is 15.6 Å². The minimum atomic E-state index is -1.19. The van der Waals surface area contributed by atoms with Gasteiger partial charge in [-0.25, -0.2) is 0 Å². The second kappa shape index (κ2) is 4.92. The fourth-order valence-electron chi connectivity index (χ4n) is 2.25. The predicted octanol–water partition coefficient (Wildman–Crippen LogP) is -2.61. The first kappa shape index (κ1) is 13.7. The van der Waals surface area contributed by atoms with E-state index in [1.54, 1.807) is 0 Å². The Morgan fingerprint density at radius 1 is 1.45 bits per heavy atom. The summed E-state index contributed by atoms with van der Waals surface area (Å²) in [5.41, 5.74) is 6.65. The average Bonchev–Trinajstić information content (AvgIpc) is 2.93. The van der Waals surface area contributed by atoms with E-state index in [1.165, 1.54) is 10.9 Å². The van der Waals surface area contributed by atoms with E-state index in [0.717, 1.165) is 0 Å². The Morgan fingerprint density at radius 3 is 2.85 bits per heavy atom. The molecular formula is C10H14N5O4Se. The second-order valence-corrected chi connectivity index (χ2v) is 5.46. The molecule has 20 heavy (non-hydrogen) atoms. The Morgan fingerprint density at radius 2 is 2.20 bits per heavy atom. The number of anilines is 1. The van der Waals surface area contributed by atoms with Crippen molar-refractivity contribution in [1.29, 1.82) is 0 Å². The van der Waals surface area contributed by atoms with Gasteiger partial charge in [0.1, 0.15) is 0 Å². The number of nitrogen functional groups attached to an aromatic ring is 1. The number of H-pyrrole nitrogens is 1. The maximum absolute atomic E-state index is 10.0. The summed E-state index contributed by atoms with van der Waals surface area (Å²) < 4.78 is 7.60. The zero-order chi connectivity index (χ0) is 14.4. The van der Waals surface area contributed by atoms with Gasteiger partial charge in [0.25, 0.3) is 0 Å². The van der Waals surface area contributed by atoms with Crippen LogP contribution in [0.4, 0.5) is 5.95 Å². The molecule has 9 nitrogen and oxygen atoms in total.